The fourth-order valence-corrected chi connectivity index (χ4v) is 2.93. The zero-order valence-corrected chi connectivity index (χ0v) is 15.4. The van der Waals surface area contributed by atoms with Crippen molar-refractivity contribution in [1.82, 2.24) is 0 Å². The van der Waals surface area contributed by atoms with Gasteiger partial charge in [0.25, 0.3) is 11.4 Å². The lowest BCUT2D eigenvalue weighted by Crippen LogP contribution is -2.52. The molecular weight excluding hydrogens is 392 g/mol. The fraction of sp³-hybridized carbons (Fsp3) is 0.100. The van der Waals surface area contributed by atoms with E-state index in [2.05, 4.69) is 0 Å². The summed E-state index contributed by atoms with van der Waals surface area (Å²) in [6, 6.07) is 9.95. The highest BCUT2D eigenvalue weighted by Crippen LogP contribution is 2.26. The first-order chi connectivity index (χ1) is 14.1. The average molecular weight is 408 g/mol. The number of ketones is 2. The Morgan fingerprint density at radius 1 is 0.633 bits per heavy atom. The number of nitro benzene ring substituents is 2. The summed E-state index contributed by atoms with van der Waals surface area (Å²) in [5.74, 6) is -1.07. The van der Waals surface area contributed by atoms with Crippen molar-refractivity contribution in [1.29, 1.82) is 0 Å². The highest BCUT2D eigenvalue weighted by Gasteiger charge is 2.38. The minimum atomic E-state index is -1.59. The minimum absolute atomic E-state index is 0.156. The molecule has 0 saturated carbocycles. The SMILES string of the molecule is NC1(C(=O)c2ccc([N+](=O)[O-])cc2)C=CC(N)(C(=O)c2ccc([N+](=O)[O-])cc2)C=C1. The Morgan fingerprint density at radius 3 is 1.13 bits per heavy atom. The molecule has 2 aromatic rings. The Bertz CT molecular complexity index is 1000. The monoisotopic (exact) mass is 408 g/mol. The molecule has 1 aliphatic rings. The molecule has 4 N–H and O–H groups in total. The van der Waals surface area contributed by atoms with Crippen LogP contribution in [0.15, 0.2) is 72.8 Å². The molecule has 0 aliphatic heterocycles. The van der Waals surface area contributed by atoms with Crippen LogP contribution in [-0.4, -0.2) is 32.5 Å². The molecule has 30 heavy (non-hydrogen) atoms. The topological polar surface area (TPSA) is 172 Å². The van der Waals surface area contributed by atoms with E-state index in [0.29, 0.717) is 0 Å². The highest BCUT2D eigenvalue weighted by molar-refractivity contribution is 6.09. The van der Waals surface area contributed by atoms with Crippen molar-refractivity contribution in [2.24, 2.45) is 11.5 Å². The number of hydrogen-bond acceptors (Lipinski definition) is 8. The summed E-state index contributed by atoms with van der Waals surface area (Å²) in [4.78, 5) is 45.9. The first kappa shape index (κ1) is 20.7. The van der Waals surface area contributed by atoms with Gasteiger partial charge in [-0.25, -0.2) is 0 Å². The number of nitrogens with zero attached hydrogens (tertiary/aromatic N) is 2. The molecule has 10 nitrogen and oxygen atoms in total. The van der Waals surface area contributed by atoms with Crippen molar-refractivity contribution >= 4 is 22.9 Å². The van der Waals surface area contributed by atoms with Gasteiger partial charge in [0.15, 0.2) is 11.6 Å². The fourth-order valence-electron chi connectivity index (χ4n) is 2.93. The van der Waals surface area contributed by atoms with Crippen LogP contribution in [0.2, 0.25) is 0 Å². The molecule has 0 fully saturated rings. The lowest BCUT2D eigenvalue weighted by molar-refractivity contribution is -0.385. The summed E-state index contributed by atoms with van der Waals surface area (Å²) >= 11 is 0. The number of carbonyl (C=O) groups excluding carboxylic acids is 2. The van der Waals surface area contributed by atoms with Gasteiger partial charge in [-0.1, -0.05) is 24.3 Å². The quantitative estimate of drug-likeness (QED) is 0.316. The third-order valence-electron chi connectivity index (χ3n) is 4.74. The third-order valence-corrected chi connectivity index (χ3v) is 4.74. The first-order valence-electron chi connectivity index (χ1n) is 8.63. The molecule has 2 aromatic carbocycles. The van der Waals surface area contributed by atoms with Crippen LogP contribution < -0.4 is 11.5 Å². The summed E-state index contributed by atoms with van der Waals surface area (Å²) in [6.07, 6.45) is 5.17. The van der Waals surface area contributed by atoms with E-state index in [9.17, 15) is 29.8 Å². The van der Waals surface area contributed by atoms with Crippen LogP contribution in [0.25, 0.3) is 0 Å². The van der Waals surface area contributed by atoms with E-state index in [-0.39, 0.29) is 22.5 Å². The van der Waals surface area contributed by atoms with Gasteiger partial charge in [0.05, 0.1) is 9.85 Å². The molecule has 0 spiro atoms. The van der Waals surface area contributed by atoms with E-state index < -0.39 is 32.5 Å². The van der Waals surface area contributed by atoms with Crippen molar-refractivity contribution < 1.29 is 19.4 Å². The summed E-state index contributed by atoms with van der Waals surface area (Å²) in [7, 11) is 0. The van der Waals surface area contributed by atoms with E-state index in [4.69, 9.17) is 11.5 Å². The van der Waals surface area contributed by atoms with Gasteiger partial charge in [-0.05, 0) is 24.3 Å². The second kappa shape index (κ2) is 7.43. The first-order valence-corrected chi connectivity index (χ1v) is 8.63. The smallest absolute Gasteiger partial charge is 0.269 e. The Kier molecular flexibility index (Phi) is 5.13. The molecule has 0 heterocycles. The maximum atomic E-state index is 12.8. The average Bonchev–Trinajstić information content (AvgIpc) is 2.75. The van der Waals surface area contributed by atoms with E-state index >= 15 is 0 Å². The number of non-ortho nitro benzene ring substituents is 2. The van der Waals surface area contributed by atoms with Crippen LogP contribution in [-0.2, 0) is 0 Å². The Labute approximate surface area is 169 Å². The minimum Gasteiger partial charge on any atom is -0.312 e. The van der Waals surface area contributed by atoms with Gasteiger partial charge >= 0.3 is 0 Å². The molecule has 152 valence electrons. The molecule has 0 saturated heterocycles. The highest BCUT2D eigenvalue weighted by atomic mass is 16.6. The number of nitrogens with two attached hydrogens (primary N) is 2. The zero-order chi connectivity index (χ0) is 22.1. The van der Waals surface area contributed by atoms with Crippen molar-refractivity contribution in [2.45, 2.75) is 11.1 Å². The van der Waals surface area contributed by atoms with Crippen molar-refractivity contribution in [2.75, 3.05) is 0 Å². The number of hydrogen-bond donors (Lipinski definition) is 2. The second-order valence-electron chi connectivity index (χ2n) is 6.80. The largest absolute Gasteiger partial charge is 0.312 e. The van der Waals surface area contributed by atoms with Crippen LogP contribution >= 0.6 is 0 Å². The number of rotatable bonds is 6. The molecule has 0 radical (unpaired) electrons. The van der Waals surface area contributed by atoms with E-state index in [1.807, 2.05) is 0 Å². The van der Waals surface area contributed by atoms with E-state index in [1.54, 1.807) is 0 Å². The molecule has 0 atom stereocenters. The van der Waals surface area contributed by atoms with Crippen LogP contribution in [0.3, 0.4) is 0 Å². The molecule has 10 heteroatoms. The Hall–Kier alpha value is -4.02. The number of nitro groups is 2. The lowest BCUT2D eigenvalue weighted by Gasteiger charge is -2.30. The Balaban J connectivity index is 1.82. The molecule has 0 unspecified atom stereocenters. The standard InChI is InChI=1S/C20H16N4O6/c21-19(17(25)13-1-5-15(6-2-13)23(27)28)9-11-20(22,12-10-19)18(26)14-3-7-16(8-4-14)24(29)30/h1-12H,21-22H2. The number of Topliss-reactive ketones (excluding diaryl/α,β-unsaturated/α-hetero) is 2. The molecule has 1 aliphatic carbocycles. The summed E-state index contributed by atoms with van der Waals surface area (Å²) in [5, 5.41) is 21.5. The van der Waals surface area contributed by atoms with Gasteiger partial charge in [-0.15, -0.1) is 0 Å². The van der Waals surface area contributed by atoms with Crippen LogP contribution in [0.4, 0.5) is 11.4 Å². The predicted molar refractivity (Wildman–Crippen MR) is 107 cm³/mol. The Morgan fingerprint density at radius 2 is 0.900 bits per heavy atom. The molecule has 0 aromatic heterocycles. The maximum Gasteiger partial charge on any atom is 0.269 e. The van der Waals surface area contributed by atoms with Crippen molar-refractivity contribution in [3.63, 3.8) is 0 Å². The van der Waals surface area contributed by atoms with Gasteiger partial charge in [-0.2, -0.15) is 0 Å². The van der Waals surface area contributed by atoms with Crippen molar-refractivity contribution in [3.8, 4) is 0 Å². The molecule has 0 bridgehead atoms. The summed E-state index contributed by atoms with van der Waals surface area (Å²) in [5.41, 5.74) is 9.10. The van der Waals surface area contributed by atoms with E-state index in [0.717, 1.165) is 0 Å². The lowest BCUT2D eigenvalue weighted by atomic mass is 9.78. The second-order valence-corrected chi connectivity index (χ2v) is 6.80. The number of carbonyl (C=O) groups is 2. The summed E-state index contributed by atoms with van der Waals surface area (Å²) in [6.45, 7) is 0. The normalized spacial score (nSPS) is 22.5. The predicted octanol–water partition coefficient (Wildman–Crippen LogP) is 2.09. The zero-order valence-electron chi connectivity index (χ0n) is 15.4. The summed E-state index contributed by atoms with van der Waals surface area (Å²) < 4.78 is 0. The van der Waals surface area contributed by atoms with Gasteiger partial charge in [0.2, 0.25) is 0 Å². The van der Waals surface area contributed by atoms with Crippen LogP contribution in [0.5, 0.6) is 0 Å². The van der Waals surface area contributed by atoms with Crippen LogP contribution in [0.1, 0.15) is 20.7 Å². The van der Waals surface area contributed by atoms with Gasteiger partial charge < -0.3 is 11.5 Å². The molecular formula is C20H16N4O6. The molecule has 3 rings (SSSR count). The van der Waals surface area contributed by atoms with Gasteiger partial charge in [0.1, 0.15) is 11.1 Å². The number of benzene rings is 2. The van der Waals surface area contributed by atoms with E-state index in [1.165, 1.54) is 72.8 Å². The van der Waals surface area contributed by atoms with Crippen LogP contribution in [0, 0.1) is 20.2 Å². The van der Waals surface area contributed by atoms with Gasteiger partial charge in [-0.3, -0.25) is 29.8 Å². The van der Waals surface area contributed by atoms with Crippen molar-refractivity contribution in [3.05, 3.63) is 104 Å². The maximum absolute atomic E-state index is 12.8. The third kappa shape index (κ3) is 3.77. The molecule has 0 amide bonds. The van der Waals surface area contributed by atoms with Gasteiger partial charge in [0, 0.05) is 35.4 Å².